The summed E-state index contributed by atoms with van der Waals surface area (Å²) < 4.78 is 33.1. The Balaban J connectivity index is 1.79. The molecule has 3 N–H and O–H groups in total. The number of rotatable bonds is 6. The molecule has 0 aliphatic heterocycles. The highest BCUT2D eigenvalue weighted by atomic mass is 32.2. The molecule has 3 rings (SSSR count). The van der Waals surface area contributed by atoms with Crippen LogP contribution in [0.5, 0.6) is 5.88 Å². The quantitative estimate of drug-likeness (QED) is 0.646. The molecule has 134 valence electrons. The van der Waals surface area contributed by atoms with Gasteiger partial charge in [-0.05, 0) is 36.8 Å². The molecule has 26 heavy (non-hydrogen) atoms. The average molecular weight is 370 g/mol. The second-order valence-corrected chi connectivity index (χ2v) is 7.34. The van der Waals surface area contributed by atoms with Crippen LogP contribution in [0.4, 0.5) is 11.5 Å². The Bertz CT molecular complexity index is 1000. The van der Waals surface area contributed by atoms with E-state index in [4.69, 9.17) is 10.5 Å². The maximum atomic E-state index is 12.5. The van der Waals surface area contributed by atoms with E-state index in [9.17, 15) is 8.42 Å². The zero-order chi connectivity index (χ0) is 18.6. The highest BCUT2D eigenvalue weighted by molar-refractivity contribution is 7.92. The highest BCUT2D eigenvalue weighted by Crippen LogP contribution is 2.23. The molecule has 0 aliphatic carbocycles. The molecule has 3 aromatic rings. The number of nitrogen functional groups attached to an aromatic ring is 1. The number of ether oxygens (including phenoxy) is 1. The Hall–Kier alpha value is -3.13. The van der Waals surface area contributed by atoms with Crippen molar-refractivity contribution in [3.05, 3.63) is 72.1 Å². The van der Waals surface area contributed by atoms with Gasteiger partial charge in [-0.15, -0.1) is 0 Å². The van der Waals surface area contributed by atoms with Crippen LogP contribution in [0.3, 0.4) is 0 Å². The average Bonchev–Trinajstić information content (AvgIpc) is 2.61. The molecule has 0 aliphatic rings. The van der Waals surface area contributed by atoms with Gasteiger partial charge in [-0.25, -0.2) is 18.4 Å². The van der Waals surface area contributed by atoms with Gasteiger partial charge in [0.05, 0.1) is 4.90 Å². The van der Waals surface area contributed by atoms with Crippen LogP contribution < -0.4 is 15.2 Å². The van der Waals surface area contributed by atoms with Gasteiger partial charge in [0, 0.05) is 18.1 Å². The number of hydrogen-bond donors (Lipinski definition) is 2. The largest absolute Gasteiger partial charge is 0.470 e. The first-order valence-corrected chi connectivity index (χ1v) is 9.30. The molecular formula is C18H18N4O3S. The summed E-state index contributed by atoms with van der Waals surface area (Å²) in [6.07, 6.45) is 2.82. The van der Waals surface area contributed by atoms with Gasteiger partial charge in [-0.2, -0.15) is 0 Å². The van der Waals surface area contributed by atoms with Crippen LogP contribution in [0.1, 0.15) is 11.1 Å². The van der Waals surface area contributed by atoms with Crippen molar-refractivity contribution >= 4 is 21.5 Å². The van der Waals surface area contributed by atoms with Gasteiger partial charge in [0.15, 0.2) is 0 Å². The van der Waals surface area contributed by atoms with E-state index in [2.05, 4.69) is 14.7 Å². The van der Waals surface area contributed by atoms with E-state index in [1.807, 2.05) is 19.1 Å². The van der Waals surface area contributed by atoms with Crippen molar-refractivity contribution in [1.29, 1.82) is 0 Å². The maximum absolute atomic E-state index is 12.5. The molecule has 8 heteroatoms. The van der Waals surface area contributed by atoms with E-state index in [0.717, 1.165) is 11.1 Å². The fraction of sp³-hybridized carbons (Fsp3) is 0.111. The van der Waals surface area contributed by atoms with E-state index in [-0.39, 0.29) is 23.2 Å². The second-order valence-electron chi connectivity index (χ2n) is 5.66. The lowest BCUT2D eigenvalue weighted by Crippen LogP contribution is -2.15. The highest BCUT2D eigenvalue weighted by Gasteiger charge is 2.18. The van der Waals surface area contributed by atoms with Crippen molar-refractivity contribution in [1.82, 2.24) is 9.97 Å². The first-order chi connectivity index (χ1) is 12.4. The van der Waals surface area contributed by atoms with Crippen LogP contribution in [0.25, 0.3) is 0 Å². The van der Waals surface area contributed by atoms with Crippen molar-refractivity contribution in [2.75, 3.05) is 10.5 Å². The number of sulfonamides is 1. The molecule has 0 atom stereocenters. The summed E-state index contributed by atoms with van der Waals surface area (Å²) >= 11 is 0. The molecule has 1 aromatic heterocycles. The third-order valence-corrected chi connectivity index (χ3v) is 4.91. The normalized spacial score (nSPS) is 11.1. The van der Waals surface area contributed by atoms with E-state index >= 15 is 0 Å². The molecule has 0 bridgehead atoms. The van der Waals surface area contributed by atoms with Crippen LogP contribution in [-0.4, -0.2) is 18.4 Å². The summed E-state index contributed by atoms with van der Waals surface area (Å²) in [5.74, 6) is 0.114. The second kappa shape index (κ2) is 7.40. The van der Waals surface area contributed by atoms with Crippen LogP contribution in [-0.2, 0) is 16.6 Å². The summed E-state index contributed by atoms with van der Waals surface area (Å²) in [7, 11) is -3.79. The van der Waals surface area contributed by atoms with Gasteiger partial charge in [-0.3, -0.25) is 4.72 Å². The summed E-state index contributed by atoms with van der Waals surface area (Å²) in [6, 6.07) is 13.7. The molecule has 2 aromatic carbocycles. The van der Waals surface area contributed by atoms with Crippen molar-refractivity contribution < 1.29 is 13.2 Å². The predicted molar refractivity (Wildman–Crippen MR) is 99.2 cm³/mol. The first kappa shape index (κ1) is 17.7. The maximum Gasteiger partial charge on any atom is 0.263 e. The lowest BCUT2D eigenvalue weighted by molar-refractivity contribution is 0.294. The number of anilines is 2. The van der Waals surface area contributed by atoms with E-state index < -0.39 is 10.0 Å². The summed E-state index contributed by atoms with van der Waals surface area (Å²) in [5, 5.41) is 0. The molecular weight excluding hydrogens is 352 g/mol. The summed E-state index contributed by atoms with van der Waals surface area (Å²) in [5.41, 5.74) is 8.16. The molecule has 0 fully saturated rings. The van der Waals surface area contributed by atoms with Crippen LogP contribution in [0, 0.1) is 6.92 Å². The number of hydrogen-bond acceptors (Lipinski definition) is 6. The van der Waals surface area contributed by atoms with E-state index in [1.54, 1.807) is 24.3 Å². The Morgan fingerprint density at radius 2 is 1.81 bits per heavy atom. The molecule has 0 amide bonds. The smallest absolute Gasteiger partial charge is 0.263 e. The molecule has 0 saturated carbocycles. The monoisotopic (exact) mass is 370 g/mol. The molecule has 1 heterocycles. The SMILES string of the molecule is Cc1ccc(S(=O)(=O)Nc2nccnc2OCc2cccc(N)c2)cc1. The van der Waals surface area contributed by atoms with Crippen LogP contribution in [0.15, 0.2) is 65.8 Å². The number of aromatic nitrogens is 2. The van der Waals surface area contributed by atoms with Gasteiger partial charge < -0.3 is 10.5 Å². The zero-order valence-electron chi connectivity index (χ0n) is 14.1. The minimum Gasteiger partial charge on any atom is -0.470 e. The Kier molecular flexibility index (Phi) is 5.04. The van der Waals surface area contributed by atoms with Crippen molar-refractivity contribution in [3.8, 4) is 5.88 Å². The Morgan fingerprint density at radius 3 is 2.54 bits per heavy atom. The zero-order valence-corrected chi connectivity index (χ0v) is 14.9. The third kappa shape index (κ3) is 4.28. The summed E-state index contributed by atoms with van der Waals surface area (Å²) in [4.78, 5) is 8.23. The number of nitrogens with zero attached hydrogens (tertiary/aromatic N) is 2. The molecule has 0 unspecified atom stereocenters. The Morgan fingerprint density at radius 1 is 1.08 bits per heavy atom. The predicted octanol–water partition coefficient (Wildman–Crippen LogP) is 2.75. The molecule has 0 spiro atoms. The lowest BCUT2D eigenvalue weighted by Gasteiger charge is -2.12. The van der Waals surface area contributed by atoms with Crippen LogP contribution >= 0.6 is 0 Å². The number of benzene rings is 2. The fourth-order valence-electron chi connectivity index (χ4n) is 2.24. The molecule has 7 nitrogen and oxygen atoms in total. The van der Waals surface area contributed by atoms with Crippen LogP contribution in [0.2, 0.25) is 0 Å². The third-order valence-electron chi connectivity index (χ3n) is 3.55. The van der Waals surface area contributed by atoms with Gasteiger partial charge in [-0.1, -0.05) is 29.8 Å². The fourth-order valence-corrected chi connectivity index (χ4v) is 3.25. The van der Waals surface area contributed by atoms with E-state index in [1.165, 1.54) is 24.5 Å². The van der Waals surface area contributed by atoms with Crippen molar-refractivity contribution in [2.45, 2.75) is 18.4 Å². The van der Waals surface area contributed by atoms with E-state index in [0.29, 0.717) is 5.69 Å². The van der Waals surface area contributed by atoms with Crippen molar-refractivity contribution in [3.63, 3.8) is 0 Å². The Labute approximate surface area is 151 Å². The minimum atomic E-state index is -3.79. The van der Waals surface area contributed by atoms with Gasteiger partial charge in [0.1, 0.15) is 6.61 Å². The molecule has 0 radical (unpaired) electrons. The number of nitrogens with two attached hydrogens (primary N) is 1. The van der Waals surface area contributed by atoms with Gasteiger partial charge >= 0.3 is 0 Å². The number of nitrogens with one attached hydrogen (secondary N) is 1. The van der Waals surface area contributed by atoms with Gasteiger partial charge in [0.2, 0.25) is 5.82 Å². The standard InChI is InChI=1S/C18H18N4O3S/c1-13-5-7-16(8-6-13)26(23,24)22-17-18(21-10-9-20-17)25-12-14-3-2-4-15(19)11-14/h2-11H,12,19H2,1H3,(H,20,22). The lowest BCUT2D eigenvalue weighted by atomic mass is 10.2. The number of aryl methyl sites for hydroxylation is 1. The summed E-state index contributed by atoms with van der Waals surface area (Å²) in [6.45, 7) is 2.07. The first-order valence-electron chi connectivity index (χ1n) is 7.82. The van der Waals surface area contributed by atoms with Gasteiger partial charge in [0.25, 0.3) is 15.9 Å². The molecule has 0 saturated heterocycles. The topological polar surface area (TPSA) is 107 Å². The van der Waals surface area contributed by atoms with Crippen molar-refractivity contribution in [2.24, 2.45) is 0 Å². The minimum absolute atomic E-state index is 0.0250.